The first-order chi connectivity index (χ1) is 12.6. The summed E-state index contributed by atoms with van der Waals surface area (Å²) in [6.07, 6.45) is 1.01. The van der Waals surface area contributed by atoms with Gasteiger partial charge in [-0.2, -0.15) is 0 Å². The number of rotatable bonds is 7. The van der Waals surface area contributed by atoms with Crippen LogP contribution in [0.3, 0.4) is 0 Å². The van der Waals surface area contributed by atoms with Crippen LogP contribution in [0.15, 0.2) is 60.0 Å². The molecule has 26 heavy (non-hydrogen) atoms. The van der Waals surface area contributed by atoms with Crippen LogP contribution < -0.4 is 10.6 Å². The lowest BCUT2D eigenvalue weighted by atomic mass is 10.0. The molecule has 1 unspecified atom stereocenters. The van der Waals surface area contributed by atoms with Crippen molar-refractivity contribution in [3.05, 3.63) is 70.4 Å². The van der Waals surface area contributed by atoms with Gasteiger partial charge in [0.15, 0.2) is 0 Å². The molecule has 1 aromatic heterocycles. The average Bonchev–Trinajstić information content (AvgIpc) is 3.19. The fourth-order valence-electron chi connectivity index (χ4n) is 2.82. The molecule has 0 bridgehead atoms. The molecule has 2 aromatic carbocycles. The molecule has 0 saturated heterocycles. The monoisotopic (exact) mass is 366 g/mol. The summed E-state index contributed by atoms with van der Waals surface area (Å²) in [6, 6.07) is 18.0. The number of amides is 2. The molecular weight excluding hydrogens is 344 g/mol. The fraction of sp³-hybridized carbons (Fsp3) is 0.238. The minimum absolute atomic E-state index is 0.00367. The van der Waals surface area contributed by atoms with Gasteiger partial charge in [0.1, 0.15) is 0 Å². The molecule has 5 heteroatoms. The van der Waals surface area contributed by atoms with Crippen LogP contribution in [-0.4, -0.2) is 18.4 Å². The second-order valence-corrected chi connectivity index (χ2v) is 7.18. The van der Waals surface area contributed by atoms with Gasteiger partial charge in [-0.05, 0) is 47.2 Å². The number of benzene rings is 2. The number of carbonyl (C=O) groups excluding carboxylic acids is 2. The molecule has 0 aliphatic carbocycles. The van der Waals surface area contributed by atoms with Gasteiger partial charge >= 0.3 is 0 Å². The lowest BCUT2D eigenvalue weighted by molar-refractivity contribution is -0.121. The van der Waals surface area contributed by atoms with E-state index in [9.17, 15) is 9.59 Å². The molecule has 0 saturated carbocycles. The Morgan fingerprint density at radius 3 is 2.62 bits per heavy atom. The molecule has 0 aliphatic rings. The highest BCUT2D eigenvalue weighted by Crippen LogP contribution is 2.20. The Balaban J connectivity index is 1.44. The lowest BCUT2D eigenvalue weighted by Crippen LogP contribution is -2.28. The lowest BCUT2D eigenvalue weighted by Gasteiger charge is -2.15. The molecule has 0 radical (unpaired) electrons. The molecule has 0 spiro atoms. The zero-order chi connectivity index (χ0) is 18.4. The van der Waals surface area contributed by atoms with Crippen LogP contribution in [0, 0.1) is 0 Å². The molecule has 3 rings (SSSR count). The van der Waals surface area contributed by atoms with Crippen molar-refractivity contribution < 1.29 is 9.59 Å². The molecule has 0 fully saturated rings. The van der Waals surface area contributed by atoms with E-state index in [1.54, 1.807) is 6.07 Å². The molecule has 4 nitrogen and oxygen atoms in total. The predicted molar refractivity (Wildman–Crippen MR) is 106 cm³/mol. The summed E-state index contributed by atoms with van der Waals surface area (Å²) in [6.45, 7) is 2.48. The number of carbonyl (C=O) groups is 2. The van der Waals surface area contributed by atoms with Gasteiger partial charge in [0.05, 0.1) is 10.9 Å². The quantitative estimate of drug-likeness (QED) is 0.613. The molecular formula is C21H22N2O2S. The first-order valence-electron chi connectivity index (χ1n) is 8.73. The molecule has 2 amide bonds. The van der Waals surface area contributed by atoms with E-state index in [0.717, 1.165) is 5.56 Å². The fourth-order valence-corrected chi connectivity index (χ4v) is 3.46. The van der Waals surface area contributed by atoms with Crippen LogP contribution in [0.5, 0.6) is 0 Å². The van der Waals surface area contributed by atoms with Gasteiger partial charge in [0.25, 0.3) is 5.91 Å². The first-order valence-corrected chi connectivity index (χ1v) is 9.61. The number of hydrogen-bond donors (Lipinski definition) is 2. The Hall–Kier alpha value is -2.66. The van der Waals surface area contributed by atoms with E-state index < -0.39 is 0 Å². The van der Waals surface area contributed by atoms with Crippen molar-refractivity contribution in [2.75, 3.05) is 6.54 Å². The van der Waals surface area contributed by atoms with Gasteiger partial charge in [0.2, 0.25) is 5.91 Å². The van der Waals surface area contributed by atoms with Crippen molar-refractivity contribution in [2.45, 2.75) is 25.8 Å². The summed E-state index contributed by atoms with van der Waals surface area (Å²) >= 11 is 1.41. The van der Waals surface area contributed by atoms with Crippen molar-refractivity contribution in [3.8, 4) is 0 Å². The summed E-state index contributed by atoms with van der Waals surface area (Å²) in [5, 5.41) is 10.1. The van der Waals surface area contributed by atoms with Crippen molar-refractivity contribution in [3.63, 3.8) is 0 Å². The van der Waals surface area contributed by atoms with Crippen molar-refractivity contribution in [1.82, 2.24) is 10.6 Å². The summed E-state index contributed by atoms with van der Waals surface area (Å²) in [7, 11) is 0. The van der Waals surface area contributed by atoms with Crippen LogP contribution in [0.1, 0.15) is 41.0 Å². The molecule has 0 aliphatic heterocycles. The molecule has 2 N–H and O–H groups in total. The van der Waals surface area contributed by atoms with Gasteiger partial charge in [-0.3, -0.25) is 9.59 Å². The summed E-state index contributed by atoms with van der Waals surface area (Å²) in [5.74, 6) is -0.0824. The Kier molecular flexibility index (Phi) is 6.02. The third-order valence-electron chi connectivity index (χ3n) is 4.26. The van der Waals surface area contributed by atoms with Gasteiger partial charge in [-0.25, -0.2) is 0 Å². The Labute approximate surface area is 157 Å². The molecule has 1 atom stereocenters. The molecule has 1 heterocycles. The number of nitrogens with one attached hydrogen (secondary N) is 2. The van der Waals surface area contributed by atoms with E-state index in [-0.39, 0.29) is 17.9 Å². The maximum atomic E-state index is 12.1. The van der Waals surface area contributed by atoms with Crippen molar-refractivity contribution >= 4 is 33.9 Å². The van der Waals surface area contributed by atoms with E-state index in [0.29, 0.717) is 24.3 Å². The topological polar surface area (TPSA) is 58.2 Å². The minimum Gasteiger partial charge on any atom is -0.351 e. The normalized spacial score (nSPS) is 11.9. The van der Waals surface area contributed by atoms with Gasteiger partial charge in [-0.15, -0.1) is 11.3 Å². The van der Waals surface area contributed by atoms with Gasteiger partial charge in [-0.1, -0.05) is 42.5 Å². The smallest absolute Gasteiger partial charge is 0.261 e. The van der Waals surface area contributed by atoms with Crippen LogP contribution in [0.4, 0.5) is 0 Å². The van der Waals surface area contributed by atoms with E-state index in [4.69, 9.17) is 0 Å². The van der Waals surface area contributed by atoms with Crippen LogP contribution in [-0.2, 0) is 4.79 Å². The zero-order valence-corrected chi connectivity index (χ0v) is 15.5. The first kappa shape index (κ1) is 18.1. The Bertz CT molecular complexity index is 890. The third-order valence-corrected chi connectivity index (χ3v) is 5.13. The molecule has 134 valence electrons. The van der Waals surface area contributed by atoms with Gasteiger partial charge < -0.3 is 10.6 Å². The predicted octanol–water partition coefficient (Wildman–Crippen LogP) is 4.29. The summed E-state index contributed by atoms with van der Waals surface area (Å²) in [4.78, 5) is 24.7. The second kappa shape index (κ2) is 8.63. The largest absolute Gasteiger partial charge is 0.351 e. The van der Waals surface area contributed by atoms with E-state index in [1.807, 2.05) is 30.5 Å². The van der Waals surface area contributed by atoms with E-state index in [1.165, 1.54) is 22.1 Å². The highest BCUT2D eigenvalue weighted by atomic mass is 32.1. The standard InChI is InChI=1S/C21H22N2O2S/c1-15(17-11-10-16-6-2-3-7-18(16)14-17)23-20(24)9-4-12-22-21(25)19-8-5-13-26-19/h2-3,5-8,10-11,13-15H,4,9,12H2,1H3,(H,22,25)(H,23,24). The average molecular weight is 366 g/mol. The van der Waals surface area contributed by atoms with Crippen molar-refractivity contribution in [2.24, 2.45) is 0 Å². The van der Waals surface area contributed by atoms with Crippen LogP contribution >= 0.6 is 11.3 Å². The SMILES string of the molecule is CC(NC(=O)CCCNC(=O)c1cccs1)c1ccc2ccccc2c1. The van der Waals surface area contributed by atoms with Gasteiger partial charge in [0, 0.05) is 13.0 Å². The number of hydrogen-bond acceptors (Lipinski definition) is 3. The Morgan fingerprint density at radius 2 is 1.85 bits per heavy atom. The van der Waals surface area contributed by atoms with E-state index >= 15 is 0 Å². The summed E-state index contributed by atoms with van der Waals surface area (Å²) in [5.41, 5.74) is 1.09. The van der Waals surface area contributed by atoms with Crippen LogP contribution in [0.25, 0.3) is 10.8 Å². The molecule has 3 aromatic rings. The number of thiophene rings is 1. The maximum Gasteiger partial charge on any atom is 0.261 e. The van der Waals surface area contributed by atoms with Crippen LogP contribution in [0.2, 0.25) is 0 Å². The second-order valence-electron chi connectivity index (χ2n) is 6.23. The number of fused-ring (bicyclic) bond motifs is 1. The summed E-state index contributed by atoms with van der Waals surface area (Å²) < 4.78 is 0. The van der Waals surface area contributed by atoms with E-state index in [2.05, 4.69) is 41.0 Å². The zero-order valence-electron chi connectivity index (χ0n) is 14.7. The van der Waals surface area contributed by atoms with Crippen molar-refractivity contribution in [1.29, 1.82) is 0 Å². The minimum atomic E-state index is -0.0788. The highest BCUT2D eigenvalue weighted by molar-refractivity contribution is 7.12. The maximum absolute atomic E-state index is 12.1. The highest BCUT2D eigenvalue weighted by Gasteiger charge is 2.10. The Morgan fingerprint density at radius 1 is 1.04 bits per heavy atom. The third kappa shape index (κ3) is 4.70.